The molecule has 4 nitrogen and oxygen atoms in total. The molecule has 4 heterocycles. The van der Waals surface area contributed by atoms with Crippen LogP contribution in [0.15, 0.2) is 156 Å². The molecule has 0 radical (unpaired) electrons. The Labute approximate surface area is 279 Å². The van der Waals surface area contributed by atoms with Crippen molar-refractivity contribution >= 4 is 64.4 Å². The Hall–Kier alpha value is -6.17. The number of para-hydroxylation sites is 1. The molecule has 0 aliphatic rings. The van der Waals surface area contributed by atoms with Crippen LogP contribution < -0.4 is 0 Å². The summed E-state index contributed by atoms with van der Waals surface area (Å²) in [5, 5.41) is 5.67. The van der Waals surface area contributed by atoms with Crippen molar-refractivity contribution in [3.8, 4) is 45.2 Å². The van der Waals surface area contributed by atoms with E-state index in [9.17, 15) is 0 Å². The molecule has 0 atom stereocenters. The van der Waals surface area contributed by atoms with E-state index < -0.39 is 0 Å². The molecular formula is C43H25N3OS. The molecule has 48 heavy (non-hydrogen) atoms. The average Bonchev–Trinajstić information content (AvgIpc) is 3.74. The van der Waals surface area contributed by atoms with Gasteiger partial charge in [0.2, 0.25) is 0 Å². The first-order valence-electron chi connectivity index (χ1n) is 15.9. The van der Waals surface area contributed by atoms with Crippen molar-refractivity contribution in [3.63, 3.8) is 0 Å². The molecular weight excluding hydrogens is 607 g/mol. The van der Waals surface area contributed by atoms with Gasteiger partial charge in [-0.2, -0.15) is 0 Å². The lowest BCUT2D eigenvalue weighted by Crippen LogP contribution is -1.96. The summed E-state index contributed by atoms with van der Waals surface area (Å²) in [6, 6.07) is 52.4. The average molecular weight is 632 g/mol. The maximum absolute atomic E-state index is 6.61. The van der Waals surface area contributed by atoms with E-state index in [1.54, 1.807) is 0 Å². The minimum atomic E-state index is 0.694. The minimum absolute atomic E-state index is 0.694. The highest BCUT2D eigenvalue weighted by Crippen LogP contribution is 2.42. The van der Waals surface area contributed by atoms with E-state index in [-0.39, 0.29) is 0 Å². The fourth-order valence-electron chi connectivity index (χ4n) is 6.83. The van der Waals surface area contributed by atoms with Crippen LogP contribution in [0, 0.1) is 0 Å². The topological polar surface area (TPSA) is 51.8 Å². The van der Waals surface area contributed by atoms with Gasteiger partial charge in [-0.1, -0.05) is 115 Å². The number of aromatic nitrogens is 3. The summed E-state index contributed by atoms with van der Waals surface area (Å²) in [4.78, 5) is 15.4. The van der Waals surface area contributed by atoms with Crippen molar-refractivity contribution in [1.82, 2.24) is 15.0 Å². The van der Waals surface area contributed by atoms with Crippen LogP contribution in [-0.4, -0.2) is 15.0 Å². The van der Waals surface area contributed by atoms with E-state index in [1.165, 1.54) is 20.2 Å². The second kappa shape index (κ2) is 10.7. The highest BCUT2D eigenvalue weighted by molar-refractivity contribution is 7.26. The fraction of sp³-hybridized carbons (Fsp3) is 0. The number of hydrogen-bond acceptors (Lipinski definition) is 5. The zero-order valence-corrected chi connectivity index (χ0v) is 26.4. The second-order valence-corrected chi connectivity index (χ2v) is 13.0. The molecule has 5 heteroatoms. The van der Waals surface area contributed by atoms with Gasteiger partial charge in [-0.05, 0) is 36.4 Å². The molecule has 0 N–H and O–H groups in total. The predicted molar refractivity (Wildman–Crippen MR) is 199 cm³/mol. The maximum atomic E-state index is 6.61. The summed E-state index contributed by atoms with van der Waals surface area (Å²) in [6.45, 7) is 0. The normalized spacial score (nSPS) is 11.8. The van der Waals surface area contributed by atoms with Gasteiger partial charge in [0.25, 0.3) is 0 Å². The van der Waals surface area contributed by atoms with Gasteiger partial charge in [-0.3, -0.25) is 0 Å². The van der Waals surface area contributed by atoms with Crippen LogP contribution in [0.5, 0.6) is 0 Å². The van der Waals surface area contributed by atoms with Crippen LogP contribution >= 0.6 is 11.3 Å². The Kier molecular flexibility index (Phi) is 6.01. The lowest BCUT2D eigenvalue weighted by atomic mass is 10.0. The first-order valence-corrected chi connectivity index (χ1v) is 16.8. The van der Waals surface area contributed by atoms with Crippen molar-refractivity contribution in [3.05, 3.63) is 152 Å². The molecule has 0 spiro atoms. The summed E-state index contributed by atoms with van der Waals surface area (Å²) in [5.74, 6) is 0.694. The largest absolute Gasteiger partial charge is 0.454 e. The first kappa shape index (κ1) is 27.0. The van der Waals surface area contributed by atoms with Crippen LogP contribution in [0.3, 0.4) is 0 Å². The highest BCUT2D eigenvalue weighted by atomic mass is 32.1. The quantitative estimate of drug-likeness (QED) is 0.194. The van der Waals surface area contributed by atoms with E-state index in [2.05, 4.69) is 109 Å². The van der Waals surface area contributed by atoms with Gasteiger partial charge in [0, 0.05) is 58.6 Å². The summed E-state index contributed by atoms with van der Waals surface area (Å²) >= 11 is 1.81. The summed E-state index contributed by atoms with van der Waals surface area (Å²) in [7, 11) is 0. The number of fused-ring (bicyclic) bond motifs is 8. The van der Waals surface area contributed by atoms with Gasteiger partial charge in [0.1, 0.15) is 11.3 Å². The van der Waals surface area contributed by atoms with Crippen molar-refractivity contribution in [1.29, 1.82) is 0 Å². The summed E-state index contributed by atoms with van der Waals surface area (Å²) in [6.07, 6.45) is 0. The van der Waals surface area contributed by atoms with E-state index in [0.29, 0.717) is 5.82 Å². The molecule has 6 aromatic carbocycles. The van der Waals surface area contributed by atoms with E-state index in [4.69, 9.17) is 19.4 Å². The Morgan fingerprint density at radius 2 is 1.19 bits per heavy atom. The monoisotopic (exact) mass is 631 g/mol. The van der Waals surface area contributed by atoms with Crippen LogP contribution in [0.4, 0.5) is 0 Å². The molecule has 0 aliphatic carbocycles. The molecule has 224 valence electrons. The van der Waals surface area contributed by atoms with Gasteiger partial charge in [0.05, 0.1) is 16.9 Å². The van der Waals surface area contributed by atoms with Gasteiger partial charge in [-0.15, -0.1) is 11.3 Å². The molecule has 0 fully saturated rings. The molecule has 0 aliphatic heterocycles. The second-order valence-electron chi connectivity index (χ2n) is 12.0. The molecule has 10 rings (SSSR count). The third kappa shape index (κ3) is 4.25. The fourth-order valence-corrected chi connectivity index (χ4v) is 8.06. The number of hydrogen-bond donors (Lipinski definition) is 0. The number of benzene rings is 6. The van der Waals surface area contributed by atoms with E-state index in [1.807, 2.05) is 53.8 Å². The van der Waals surface area contributed by atoms with Crippen LogP contribution in [-0.2, 0) is 0 Å². The van der Waals surface area contributed by atoms with Gasteiger partial charge >= 0.3 is 0 Å². The smallest absolute Gasteiger partial charge is 0.162 e. The number of thiophene rings is 1. The molecule has 0 saturated heterocycles. The molecule has 4 aromatic heterocycles. The van der Waals surface area contributed by atoms with E-state index in [0.717, 1.165) is 72.2 Å². The minimum Gasteiger partial charge on any atom is -0.454 e. The van der Waals surface area contributed by atoms with Gasteiger partial charge in [-0.25, -0.2) is 15.0 Å². The summed E-state index contributed by atoms with van der Waals surface area (Å²) < 4.78 is 9.10. The molecule has 0 amide bonds. The van der Waals surface area contributed by atoms with Crippen LogP contribution in [0.1, 0.15) is 0 Å². The summed E-state index contributed by atoms with van der Waals surface area (Å²) in [5.41, 5.74) is 9.24. The Morgan fingerprint density at radius 3 is 2.04 bits per heavy atom. The predicted octanol–water partition coefficient (Wildman–Crippen LogP) is 12.0. The van der Waals surface area contributed by atoms with Crippen molar-refractivity contribution in [2.75, 3.05) is 0 Å². The molecule has 0 unspecified atom stereocenters. The number of rotatable bonds is 4. The number of pyridine rings is 1. The third-order valence-electron chi connectivity index (χ3n) is 9.09. The molecule has 0 bridgehead atoms. The Morgan fingerprint density at radius 1 is 0.479 bits per heavy atom. The Bertz CT molecular complexity index is 2840. The number of furan rings is 1. The molecule has 0 saturated carbocycles. The SMILES string of the molecule is c1ccc(-c2nc(-c3ccc4oc5c(-c6ccccc6)nc6ccccc6c5c4c3)cc(-c3cccc4c3sc3ccccc34)n2)cc1. The van der Waals surface area contributed by atoms with Crippen LogP contribution in [0.2, 0.25) is 0 Å². The van der Waals surface area contributed by atoms with Crippen molar-refractivity contribution in [2.24, 2.45) is 0 Å². The van der Waals surface area contributed by atoms with Crippen LogP contribution in [0.25, 0.3) is 98.2 Å². The van der Waals surface area contributed by atoms with Gasteiger partial charge in [0.15, 0.2) is 11.4 Å². The lowest BCUT2D eigenvalue weighted by Gasteiger charge is -2.10. The van der Waals surface area contributed by atoms with E-state index >= 15 is 0 Å². The zero-order valence-electron chi connectivity index (χ0n) is 25.6. The zero-order chi connectivity index (χ0) is 31.6. The van der Waals surface area contributed by atoms with Crippen molar-refractivity contribution < 1.29 is 4.42 Å². The maximum Gasteiger partial charge on any atom is 0.162 e. The first-order chi connectivity index (χ1) is 23.8. The number of nitrogens with zero attached hydrogens (tertiary/aromatic N) is 3. The van der Waals surface area contributed by atoms with Crippen molar-refractivity contribution in [2.45, 2.75) is 0 Å². The van der Waals surface area contributed by atoms with Gasteiger partial charge < -0.3 is 4.42 Å². The Balaban J connectivity index is 1.23. The highest BCUT2D eigenvalue weighted by Gasteiger charge is 2.20. The third-order valence-corrected chi connectivity index (χ3v) is 10.3. The lowest BCUT2D eigenvalue weighted by molar-refractivity contribution is 0.669. The standard InChI is InChI=1S/C43H25N3OS/c1-3-12-26(13-4-1)40-41-39(31-17-7-9-20-34(31)44-40)33-24-28(22-23-37(33)47-41)35-25-36(46-43(45-35)27-14-5-2-6-15-27)32-19-11-18-30-29-16-8-10-21-38(29)48-42(30)32/h1-25H. The molecule has 10 aromatic rings.